The molecule has 10 heteroatoms. The van der Waals surface area contributed by atoms with Gasteiger partial charge in [0.1, 0.15) is 6.10 Å². The van der Waals surface area contributed by atoms with Gasteiger partial charge in [-0.15, -0.1) is 0 Å². The van der Waals surface area contributed by atoms with Gasteiger partial charge in [-0.1, -0.05) is 50.3 Å². The smallest absolute Gasteiger partial charge is 0.257 e. The molecule has 9 rings (SSSR count). The highest BCUT2D eigenvalue weighted by Gasteiger charge is 2.78. The summed E-state index contributed by atoms with van der Waals surface area (Å²) in [6.45, 7) is 14.5. The first-order chi connectivity index (χ1) is 26.2. The van der Waals surface area contributed by atoms with Gasteiger partial charge in [-0.25, -0.2) is 0 Å². The number of likely N-dealkylation sites (N-methyl/N-ethyl adjacent to an activating group) is 1. The molecule has 11 atom stereocenters. The van der Waals surface area contributed by atoms with Crippen LogP contribution < -0.4 is 10.2 Å². The molecule has 2 aromatic carbocycles. The first-order valence-electron chi connectivity index (χ1n) is 20.9. The fourth-order valence-electron chi connectivity index (χ4n) is 13.4. The van der Waals surface area contributed by atoms with E-state index in [4.69, 9.17) is 0 Å². The number of aromatic amines is 1. The maximum atomic E-state index is 14.5. The summed E-state index contributed by atoms with van der Waals surface area (Å²) < 4.78 is 0. The van der Waals surface area contributed by atoms with Crippen molar-refractivity contribution in [2.24, 2.45) is 11.3 Å². The predicted octanol–water partition coefficient (Wildman–Crippen LogP) is 3.89. The van der Waals surface area contributed by atoms with Gasteiger partial charge >= 0.3 is 0 Å². The topological polar surface area (TPSA) is 136 Å². The average molecular weight is 752 g/mol. The number of anilines is 1. The highest BCUT2D eigenvalue weighted by Crippen LogP contribution is 2.67. The number of aliphatic hydroxyl groups is 4. The Kier molecular flexibility index (Phi) is 8.57. The summed E-state index contributed by atoms with van der Waals surface area (Å²) in [6.07, 6.45) is 6.56. The molecule has 296 valence electrons. The fraction of sp³-hybridized carbons (Fsp3) is 0.622. The molecule has 6 N–H and O–H groups in total. The first-order valence-corrected chi connectivity index (χ1v) is 20.9. The van der Waals surface area contributed by atoms with Crippen LogP contribution in [-0.4, -0.2) is 123 Å². The molecule has 3 aromatic rings. The molecule has 6 heterocycles. The molecule has 1 spiro atoms. The SMILES string of the molecule is CCC1(O)CC2C[N@](CCc3c([nH]c4ccccc34)[C@@](C)(c3cc4c(cc3C)N(C)C3C45CCN4CC=C[C@](CC)(C45)[C@@H](O)[C@]3(O)C(=O)NCC(C)O)C2)C1. The maximum Gasteiger partial charge on any atom is 0.257 e. The number of piperidine rings is 1. The minimum absolute atomic E-state index is 0.0189. The van der Waals surface area contributed by atoms with Crippen LogP contribution in [0.2, 0.25) is 0 Å². The van der Waals surface area contributed by atoms with Gasteiger partial charge in [0.25, 0.3) is 5.91 Å². The van der Waals surface area contributed by atoms with Crippen molar-refractivity contribution in [3.8, 4) is 0 Å². The molecule has 1 amide bonds. The van der Waals surface area contributed by atoms with Crippen molar-refractivity contribution >= 4 is 22.5 Å². The van der Waals surface area contributed by atoms with Crippen LogP contribution in [0.15, 0.2) is 48.6 Å². The van der Waals surface area contributed by atoms with Crippen LogP contribution >= 0.6 is 0 Å². The lowest BCUT2D eigenvalue weighted by molar-refractivity contribution is -0.203. The third-order valence-electron chi connectivity index (χ3n) is 15.6. The van der Waals surface area contributed by atoms with Crippen molar-refractivity contribution in [3.63, 3.8) is 0 Å². The third kappa shape index (κ3) is 4.97. The summed E-state index contributed by atoms with van der Waals surface area (Å²) in [5, 5.41) is 51.9. The second-order valence-electron chi connectivity index (χ2n) is 18.7. The zero-order chi connectivity index (χ0) is 38.9. The van der Waals surface area contributed by atoms with Crippen molar-refractivity contribution < 1.29 is 25.2 Å². The molecule has 6 aliphatic rings. The number of aliphatic hydroxyl groups excluding tert-OH is 2. The van der Waals surface area contributed by atoms with Gasteiger partial charge in [-0.2, -0.15) is 0 Å². The number of benzene rings is 2. The largest absolute Gasteiger partial charge is 0.392 e. The number of rotatable bonds is 6. The zero-order valence-electron chi connectivity index (χ0n) is 33.5. The first kappa shape index (κ1) is 37.3. The number of carbonyl (C=O) groups is 1. The average Bonchev–Trinajstić information content (AvgIpc) is 3.82. The Bertz CT molecular complexity index is 2060. The van der Waals surface area contributed by atoms with Gasteiger partial charge < -0.3 is 35.6 Å². The van der Waals surface area contributed by atoms with E-state index in [2.05, 4.69) is 101 Å². The van der Waals surface area contributed by atoms with E-state index in [0.29, 0.717) is 13.0 Å². The monoisotopic (exact) mass is 751 g/mol. The third-order valence-corrected chi connectivity index (χ3v) is 15.6. The van der Waals surface area contributed by atoms with Crippen molar-refractivity contribution in [2.75, 3.05) is 51.2 Å². The van der Waals surface area contributed by atoms with Crippen LogP contribution in [0.5, 0.6) is 0 Å². The Labute approximate surface area is 325 Å². The van der Waals surface area contributed by atoms with E-state index in [1.165, 1.54) is 22.2 Å². The number of fused-ring (bicyclic) bond motifs is 6. The number of para-hydroxylation sites is 1. The number of aromatic nitrogens is 1. The van der Waals surface area contributed by atoms with E-state index in [-0.39, 0.29) is 18.5 Å². The van der Waals surface area contributed by atoms with Gasteiger partial charge in [0.05, 0.1) is 17.7 Å². The summed E-state index contributed by atoms with van der Waals surface area (Å²) in [7, 11) is 1.98. The molecule has 2 saturated heterocycles. The number of carbonyl (C=O) groups excluding carboxylic acids is 1. The molecule has 1 saturated carbocycles. The van der Waals surface area contributed by atoms with E-state index in [9.17, 15) is 25.2 Å². The van der Waals surface area contributed by atoms with E-state index in [1.807, 2.05) is 7.05 Å². The molecule has 0 radical (unpaired) electrons. The van der Waals surface area contributed by atoms with Gasteiger partial charge in [0, 0.05) is 84.3 Å². The normalized spacial score (nSPS) is 39.7. The Morgan fingerprint density at radius 1 is 1.07 bits per heavy atom. The summed E-state index contributed by atoms with van der Waals surface area (Å²) in [4.78, 5) is 25.5. The summed E-state index contributed by atoms with van der Waals surface area (Å²) in [6, 6.07) is 12.5. The minimum atomic E-state index is -2.16. The van der Waals surface area contributed by atoms with Gasteiger partial charge in [0.2, 0.25) is 0 Å². The fourth-order valence-corrected chi connectivity index (χ4v) is 13.4. The lowest BCUT2D eigenvalue weighted by Gasteiger charge is -2.63. The molecular formula is C45H61N5O5. The number of amides is 1. The number of aryl methyl sites for hydroxylation is 1. The van der Waals surface area contributed by atoms with E-state index < -0.39 is 51.6 Å². The molecule has 6 unspecified atom stereocenters. The molecule has 3 fully saturated rings. The highest BCUT2D eigenvalue weighted by atomic mass is 16.4. The van der Waals surface area contributed by atoms with E-state index in [0.717, 1.165) is 80.6 Å². The number of hydrogen-bond acceptors (Lipinski definition) is 8. The van der Waals surface area contributed by atoms with Crippen molar-refractivity contribution in [1.29, 1.82) is 0 Å². The Morgan fingerprint density at radius 3 is 2.60 bits per heavy atom. The lowest BCUT2D eigenvalue weighted by atomic mass is 9.47. The van der Waals surface area contributed by atoms with Crippen LogP contribution in [0.4, 0.5) is 5.69 Å². The molecule has 1 aromatic heterocycles. The van der Waals surface area contributed by atoms with E-state index >= 15 is 0 Å². The molecule has 2 bridgehead atoms. The zero-order valence-corrected chi connectivity index (χ0v) is 33.5. The number of H-pyrrole nitrogens is 1. The van der Waals surface area contributed by atoms with Crippen LogP contribution in [-0.2, 0) is 22.0 Å². The van der Waals surface area contributed by atoms with Crippen molar-refractivity contribution in [3.05, 3.63) is 76.5 Å². The molecule has 1 aliphatic carbocycles. The Hall–Kier alpha value is -3.25. The molecule has 55 heavy (non-hydrogen) atoms. The van der Waals surface area contributed by atoms with Crippen LogP contribution in [0.1, 0.15) is 87.7 Å². The maximum absolute atomic E-state index is 14.5. The van der Waals surface area contributed by atoms with Gasteiger partial charge in [-0.05, 0) is 106 Å². The molecule has 5 aliphatic heterocycles. The summed E-state index contributed by atoms with van der Waals surface area (Å²) >= 11 is 0. The van der Waals surface area contributed by atoms with Crippen LogP contribution in [0.25, 0.3) is 10.9 Å². The van der Waals surface area contributed by atoms with Crippen LogP contribution in [0.3, 0.4) is 0 Å². The Morgan fingerprint density at radius 2 is 1.85 bits per heavy atom. The minimum Gasteiger partial charge on any atom is -0.392 e. The second-order valence-corrected chi connectivity index (χ2v) is 18.7. The second kappa shape index (κ2) is 12.6. The molecule has 10 nitrogen and oxygen atoms in total. The Balaban J connectivity index is 1.28. The molecular weight excluding hydrogens is 691 g/mol. The van der Waals surface area contributed by atoms with Crippen molar-refractivity contribution in [2.45, 2.75) is 119 Å². The highest BCUT2D eigenvalue weighted by molar-refractivity contribution is 5.90. The number of nitrogens with zero attached hydrogens (tertiary/aromatic N) is 3. The lowest BCUT2D eigenvalue weighted by Crippen LogP contribution is -2.81. The van der Waals surface area contributed by atoms with Crippen molar-refractivity contribution in [1.82, 2.24) is 20.1 Å². The quantitative estimate of drug-likeness (QED) is 0.209. The van der Waals surface area contributed by atoms with Gasteiger partial charge in [-0.3, -0.25) is 14.6 Å². The standard InChI is InChI=1S/C45H61N5O5/c1-7-42(54)23-29-22-41(5,36-31(14-18-49(25-29)26-42)30-12-9-10-13-34(30)47-36)32-21-33-35(20-27(32)3)48(6)38-44(33)16-19-50-17-11-15-43(8-2,37(44)50)39(52)45(38,55)40(53)46-24-28(4)51/h9-13,15,20-21,28-29,37-39,47,51-52,54-55H,7-8,14,16-19,22-26H2,1-6H3,(H,46,53)/t28?,29?,37?,38?,39-,41-,42?,43-,44?,45+/m1/s1. The number of nitrogens with one attached hydrogen (secondary N) is 2. The summed E-state index contributed by atoms with van der Waals surface area (Å²) in [5.74, 6) is -0.366. The predicted molar refractivity (Wildman–Crippen MR) is 215 cm³/mol. The van der Waals surface area contributed by atoms with Gasteiger partial charge in [0.15, 0.2) is 5.60 Å². The summed E-state index contributed by atoms with van der Waals surface area (Å²) in [5.41, 5.74) is 3.37. The van der Waals surface area contributed by atoms with E-state index in [1.54, 1.807) is 6.92 Å². The number of hydrogen-bond donors (Lipinski definition) is 6. The van der Waals surface area contributed by atoms with Crippen LogP contribution in [0, 0.1) is 18.3 Å².